The Balaban J connectivity index is 1.80. The van der Waals surface area contributed by atoms with Crippen LogP contribution >= 0.6 is 11.6 Å². The first kappa shape index (κ1) is 19.0. The number of halogens is 1. The molecule has 1 N–H and O–H groups in total. The molecule has 5 nitrogen and oxygen atoms in total. The predicted molar refractivity (Wildman–Crippen MR) is 108 cm³/mol. The van der Waals surface area contributed by atoms with Gasteiger partial charge in [0, 0.05) is 10.6 Å². The zero-order chi connectivity index (χ0) is 19.4. The van der Waals surface area contributed by atoms with Crippen molar-refractivity contribution in [3.8, 4) is 5.75 Å². The number of nitrogens with one attached hydrogen (secondary N) is 1. The van der Waals surface area contributed by atoms with Crippen molar-refractivity contribution in [3.63, 3.8) is 0 Å². The third-order valence-corrected chi connectivity index (χ3v) is 4.46. The molecule has 0 spiro atoms. The Hall–Kier alpha value is -2.79. The summed E-state index contributed by atoms with van der Waals surface area (Å²) < 4.78 is 7.91. The summed E-state index contributed by atoms with van der Waals surface area (Å²) in [4.78, 5) is 16.7. The van der Waals surface area contributed by atoms with Crippen LogP contribution in [0, 0.1) is 0 Å². The number of rotatable bonds is 7. The molecule has 2 aromatic carbocycles. The minimum Gasteiger partial charge on any atom is -0.492 e. The van der Waals surface area contributed by atoms with E-state index in [1.165, 1.54) is 0 Å². The van der Waals surface area contributed by atoms with Gasteiger partial charge in [-0.15, -0.1) is 0 Å². The maximum absolute atomic E-state index is 12.0. The number of fused-ring (bicyclic) bond motifs is 1. The smallest absolute Gasteiger partial charge is 0.246 e. The maximum atomic E-state index is 12.0. The zero-order valence-electron chi connectivity index (χ0n) is 15.4. The van der Waals surface area contributed by atoms with E-state index in [0.717, 1.165) is 22.6 Å². The normalized spacial score (nSPS) is 12.0. The van der Waals surface area contributed by atoms with E-state index in [2.05, 4.69) is 16.5 Å². The summed E-state index contributed by atoms with van der Waals surface area (Å²) in [6, 6.07) is 14.9. The van der Waals surface area contributed by atoms with Gasteiger partial charge in [-0.2, -0.15) is 0 Å². The van der Waals surface area contributed by atoms with E-state index in [-0.39, 0.29) is 11.9 Å². The van der Waals surface area contributed by atoms with E-state index in [9.17, 15) is 4.79 Å². The van der Waals surface area contributed by atoms with Crippen molar-refractivity contribution >= 4 is 28.5 Å². The van der Waals surface area contributed by atoms with E-state index < -0.39 is 0 Å². The number of aromatic nitrogens is 2. The Morgan fingerprint density at radius 2 is 1.96 bits per heavy atom. The van der Waals surface area contributed by atoms with Crippen molar-refractivity contribution < 1.29 is 9.53 Å². The third-order valence-electron chi connectivity index (χ3n) is 4.20. The topological polar surface area (TPSA) is 56.2 Å². The van der Waals surface area contributed by atoms with E-state index in [4.69, 9.17) is 21.3 Å². The number of benzene rings is 2. The van der Waals surface area contributed by atoms with Crippen LogP contribution in [-0.4, -0.2) is 22.1 Å². The molecule has 0 bridgehead atoms. The van der Waals surface area contributed by atoms with Gasteiger partial charge in [-0.1, -0.05) is 30.3 Å². The first-order valence-electron chi connectivity index (χ1n) is 8.75. The van der Waals surface area contributed by atoms with Gasteiger partial charge in [0.25, 0.3) is 0 Å². The van der Waals surface area contributed by atoms with Gasteiger partial charge in [0.2, 0.25) is 5.91 Å². The summed E-state index contributed by atoms with van der Waals surface area (Å²) >= 11 is 5.90. The quantitative estimate of drug-likeness (QED) is 0.610. The van der Waals surface area contributed by atoms with Gasteiger partial charge < -0.3 is 14.6 Å². The van der Waals surface area contributed by atoms with Gasteiger partial charge in [0.05, 0.1) is 23.6 Å². The maximum Gasteiger partial charge on any atom is 0.246 e. The summed E-state index contributed by atoms with van der Waals surface area (Å²) in [6.45, 7) is 8.36. The van der Waals surface area contributed by atoms with Crippen molar-refractivity contribution in [1.82, 2.24) is 14.9 Å². The first-order chi connectivity index (χ1) is 13.0. The molecule has 1 heterocycles. The molecular weight excluding hydrogens is 362 g/mol. The number of imidazole rings is 1. The second-order valence-corrected chi connectivity index (χ2v) is 6.82. The lowest BCUT2D eigenvalue weighted by atomic mass is 10.2. The lowest BCUT2D eigenvalue weighted by Gasteiger charge is -2.16. The number of carbonyl (C=O) groups is 1. The molecule has 0 saturated carbocycles. The van der Waals surface area contributed by atoms with Crippen LogP contribution in [0.5, 0.6) is 5.75 Å². The second kappa shape index (κ2) is 8.27. The third kappa shape index (κ3) is 4.49. The van der Waals surface area contributed by atoms with E-state index in [1.807, 2.05) is 43.3 Å². The molecule has 0 saturated heterocycles. The highest BCUT2D eigenvalue weighted by atomic mass is 35.5. The zero-order valence-corrected chi connectivity index (χ0v) is 16.2. The highest BCUT2D eigenvalue weighted by Gasteiger charge is 2.18. The number of ether oxygens (including phenoxy) is 1. The number of hydrogen-bond donors (Lipinski definition) is 1. The summed E-state index contributed by atoms with van der Waals surface area (Å²) in [5.41, 5.74) is 2.36. The molecule has 0 aliphatic heterocycles. The molecule has 0 aliphatic carbocycles. The predicted octanol–water partition coefficient (Wildman–Crippen LogP) is 4.52. The SMILES string of the molecule is C=C(C)C(=O)NC(C)c1nc2ccccc2n1CCOc1ccc(Cl)cc1. The summed E-state index contributed by atoms with van der Waals surface area (Å²) in [7, 11) is 0. The molecule has 1 amide bonds. The van der Waals surface area contributed by atoms with Crippen LogP contribution in [-0.2, 0) is 11.3 Å². The van der Waals surface area contributed by atoms with Crippen LogP contribution in [0.3, 0.4) is 0 Å². The molecule has 3 aromatic rings. The molecule has 27 heavy (non-hydrogen) atoms. The minimum absolute atomic E-state index is 0.182. The van der Waals surface area contributed by atoms with Gasteiger partial charge in [-0.25, -0.2) is 4.98 Å². The Kier molecular flexibility index (Phi) is 5.81. The summed E-state index contributed by atoms with van der Waals surface area (Å²) in [5, 5.41) is 3.61. The van der Waals surface area contributed by atoms with Gasteiger partial charge in [-0.3, -0.25) is 4.79 Å². The first-order valence-corrected chi connectivity index (χ1v) is 9.13. The van der Waals surface area contributed by atoms with Gasteiger partial charge in [-0.05, 0) is 50.2 Å². The Bertz CT molecular complexity index is 963. The van der Waals surface area contributed by atoms with Crippen LogP contribution in [0.1, 0.15) is 25.7 Å². The molecule has 1 unspecified atom stereocenters. The number of amides is 1. The van der Waals surface area contributed by atoms with Gasteiger partial charge >= 0.3 is 0 Å². The monoisotopic (exact) mass is 383 g/mol. The van der Waals surface area contributed by atoms with Gasteiger partial charge in [0.15, 0.2) is 0 Å². The van der Waals surface area contributed by atoms with E-state index in [0.29, 0.717) is 23.7 Å². The molecule has 0 fully saturated rings. The molecule has 1 aromatic heterocycles. The Morgan fingerprint density at radius 3 is 2.67 bits per heavy atom. The fourth-order valence-corrected chi connectivity index (χ4v) is 2.96. The lowest BCUT2D eigenvalue weighted by molar-refractivity contribution is -0.118. The van der Waals surface area contributed by atoms with Crippen molar-refractivity contribution in [1.29, 1.82) is 0 Å². The number of nitrogens with zero attached hydrogens (tertiary/aromatic N) is 2. The van der Waals surface area contributed by atoms with E-state index in [1.54, 1.807) is 19.1 Å². The standard InChI is InChI=1S/C21H22ClN3O2/c1-14(2)21(26)23-15(3)20-24-18-6-4-5-7-19(18)25(20)12-13-27-17-10-8-16(22)9-11-17/h4-11,15H,1,12-13H2,2-3H3,(H,23,26). The highest BCUT2D eigenvalue weighted by Crippen LogP contribution is 2.21. The van der Waals surface area contributed by atoms with Crippen LogP contribution in [0.15, 0.2) is 60.7 Å². The minimum atomic E-state index is -0.253. The number of hydrogen-bond acceptors (Lipinski definition) is 3. The van der Waals surface area contributed by atoms with Crippen molar-refractivity contribution in [2.24, 2.45) is 0 Å². The molecule has 3 rings (SSSR count). The molecule has 1 atom stereocenters. The number of para-hydroxylation sites is 2. The largest absolute Gasteiger partial charge is 0.492 e. The fourth-order valence-electron chi connectivity index (χ4n) is 2.83. The van der Waals surface area contributed by atoms with Crippen molar-refractivity contribution in [2.75, 3.05) is 6.61 Å². The highest BCUT2D eigenvalue weighted by molar-refractivity contribution is 6.30. The van der Waals surface area contributed by atoms with Crippen molar-refractivity contribution in [3.05, 3.63) is 71.5 Å². The van der Waals surface area contributed by atoms with Crippen molar-refractivity contribution in [2.45, 2.75) is 26.4 Å². The molecule has 6 heteroatoms. The summed E-state index contributed by atoms with van der Waals surface area (Å²) in [6.07, 6.45) is 0. The Labute approximate surface area is 163 Å². The summed E-state index contributed by atoms with van der Waals surface area (Å²) in [5.74, 6) is 1.36. The average molecular weight is 384 g/mol. The van der Waals surface area contributed by atoms with Crippen LogP contribution < -0.4 is 10.1 Å². The molecule has 0 radical (unpaired) electrons. The van der Waals surface area contributed by atoms with Gasteiger partial charge in [0.1, 0.15) is 18.2 Å². The second-order valence-electron chi connectivity index (χ2n) is 6.39. The Morgan fingerprint density at radius 1 is 1.26 bits per heavy atom. The van der Waals surface area contributed by atoms with Crippen LogP contribution in [0.2, 0.25) is 5.02 Å². The molecule has 140 valence electrons. The van der Waals surface area contributed by atoms with Crippen LogP contribution in [0.25, 0.3) is 11.0 Å². The lowest BCUT2D eigenvalue weighted by Crippen LogP contribution is -2.29. The van der Waals surface area contributed by atoms with Crippen LogP contribution in [0.4, 0.5) is 0 Å². The van der Waals surface area contributed by atoms with E-state index >= 15 is 0 Å². The molecule has 0 aliphatic rings. The molecular formula is C21H22ClN3O2. The fraction of sp³-hybridized carbons (Fsp3) is 0.238. The number of carbonyl (C=O) groups excluding carboxylic acids is 1. The average Bonchev–Trinajstić information content (AvgIpc) is 3.02.